The first-order valence-electron chi connectivity index (χ1n) is 5.93. The lowest BCUT2D eigenvalue weighted by atomic mass is 10.2. The summed E-state index contributed by atoms with van der Waals surface area (Å²) in [5, 5.41) is 13.7. The predicted molar refractivity (Wildman–Crippen MR) is 77.2 cm³/mol. The maximum Gasteiger partial charge on any atom is 0.254 e. The number of aliphatic carboxylic acids is 1. The van der Waals surface area contributed by atoms with Crippen LogP contribution in [0.25, 0.3) is 0 Å². The van der Waals surface area contributed by atoms with Crippen LogP contribution in [0.5, 0.6) is 0 Å². The molecule has 7 heteroatoms. The molecule has 0 aliphatic rings. The van der Waals surface area contributed by atoms with Gasteiger partial charge in [-0.1, -0.05) is 23.4 Å². The number of hydrogen-bond acceptors (Lipinski definition) is 5. The third-order valence-corrected chi connectivity index (χ3v) is 3.72. The van der Waals surface area contributed by atoms with Crippen LogP contribution in [0.1, 0.15) is 10.4 Å². The average molecular weight is 322 g/mol. The maximum absolute atomic E-state index is 11.9. The second-order valence-electron chi connectivity index (χ2n) is 3.97. The maximum atomic E-state index is 11.9. The van der Waals surface area contributed by atoms with Crippen molar-refractivity contribution in [2.45, 2.75) is 9.92 Å². The Kier molecular flexibility index (Phi) is 5.19. The van der Waals surface area contributed by atoms with Gasteiger partial charge in [0, 0.05) is 16.1 Å². The molecular formula is C14H10ClN2O3S-. The molecule has 0 saturated carbocycles. The summed E-state index contributed by atoms with van der Waals surface area (Å²) in [5.41, 5.74) is 0.304. The molecule has 1 heterocycles. The van der Waals surface area contributed by atoms with Gasteiger partial charge in [-0.15, -0.1) is 0 Å². The third-order valence-electron chi connectivity index (χ3n) is 2.44. The van der Waals surface area contributed by atoms with E-state index < -0.39 is 18.4 Å². The van der Waals surface area contributed by atoms with Gasteiger partial charge in [-0.3, -0.25) is 4.79 Å². The molecule has 21 heavy (non-hydrogen) atoms. The van der Waals surface area contributed by atoms with Crippen LogP contribution in [0.2, 0.25) is 5.02 Å². The quantitative estimate of drug-likeness (QED) is 0.899. The smallest absolute Gasteiger partial charge is 0.254 e. The number of carboxylic acid groups (broad SMARTS) is 1. The minimum Gasteiger partial charge on any atom is -0.548 e. The summed E-state index contributed by atoms with van der Waals surface area (Å²) >= 11 is 7.11. The van der Waals surface area contributed by atoms with Gasteiger partial charge in [-0.05, 0) is 36.4 Å². The number of benzene rings is 1. The number of aromatic nitrogens is 1. The fraction of sp³-hybridized carbons (Fsp3) is 0.0714. The van der Waals surface area contributed by atoms with Crippen molar-refractivity contribution < 1.29 is 14.7 Å². The van der Waals surface area contributed by atoms with Crippen LogP contribution in [-0.2, 0) is 4.79 Å². The van der Waals surface area contributed by atoms with E-state index in [0.717, 1.165) is 4.90 Å². The van der Waals surface area contributed by atoms with Gasteiger partial charge in [0.2, 0.25) is 0 Å². The van der Waals surface area contributed by atoms with Crippen molar-refractivity contribution >= 4 is 35.2 Å². The average Bonchev–Trinajstić information content (AvgIpc) is 2.48. The van der Waals surface area contributed by atoms with Crippen molar-refractivity contribution in [2.75, 3.05) is 6.54 Å². The first-order valence-corrected chi connectivity index (χ1v) is 7.12. The van der Waals surface area contributed by atoms with Crippen LogP contribution in [0, 0.1) is 0 Å². The number of hydrogen-bond donors (Lipinski definition) is 1. The summed E-state index contributed by atoms with van der Waals surface area (Å²) in [4.78, 5) is 27.3. The first-order chi connectivity index (χ1) is 10.1. The number of carboxylic acids is 1. The van der Waals surface area contributed by atoms with Gasteiger partial charge in [-0.2, -0.15) is 0 Å². The first kappa shape index (κ1) is 15.3. The SMILES string of the molecule is O=C([O-])CNC(=O)c1cccnc1Sc1ccc(Cl)cc1. The molecule has 0 aliphatic carbocycles. The van der Waals surface area contributed by atoms with E-state index in [9.17, 15) is 14.7 Å². The highest BCUT2D eigenvalue weighted by molar-refractivity contribution is 7.99. The molecule has 5 nitrogen and oxygen atoms in total. The van der Waals surface area contributed by atoms with Gasteiger partial charge in [0.25, 0.3) is 5.91 Å². The van der Waals surface area contributed by atoms with E-state index >= 15 is 0 Å². The van der Waals surface area contributed by atoms with E-state index in [2.05, 4.69) is 10.3 Å². The Hall–Kier alpha value is -2.05. The van der Waals surface area contributed by atoms with Gasteiger partial charge in [0.1, 0.15) is 5.03 Å². The van der Waals surface area contributed by atoms with E-state index in [1.807, 2.05) is 12.1 Å². The number of carbonyl (C=O) groups is 2. The molecule has 108 valence electrons. The van der Waals surface area contributed by atoms with Crippen molar-refractivity contribution in [1.82, 2.24) is 10.3 Å². The van der Waals surface area contributed by atoms with Crippen molar-refractivity contribution in [3.63, 3.8) is 0 Å². The zero-order valence-corrected chi connectivity index (χ0v) is 12.3. The van der Waals surface area contributed by atoms with E-state index in [1.54, 1.807) is 30.5 Å². The number of amides is 1. The molecule has 1 aromatic heterocycles. The Morgan fingerprint density at radius 1 is 1.24 bits per heavy atom. The number of pyridine rings is 1. The Bertz CT molecular complexity index is 662. The molecule has 0 atom stereocenters. The van der Waals surface area contributed by atoms with Crippen molar-refractivity contribution in [3.8, 4) is 0 Å². The topological polar surface area (TPSA) is 82.1 Å². The highest BCUT2D eigenvalue weighted by Crippen LogP contribution is 2.29. The normalized spacial score (nSPS) is 10.1. The molecule has 1 amide bonds. The molecule has 0 unspecified atom stereocenters. The Labute approximate surface area is 130 Å². The van der Waals surface area contributed by atoms with E-state index in [4.69, 9.17) is 11.6 Å². The molecule has 0 spiro atoms. The highest BCUT2D eigenvalue weighted by Gasteiger charge is 2.13. The zero-order chi connectivity index (χ0) is 15.2. The molecule has 1 N–H and O–H groups in total. The van der Waals surface area contributed by atoms with Crippen molar-refractivity contribution in [3.05, 3.63) is 53.2 Å². The van der Waals surface area contributed by atoms with Gasteiger partial charge in [-0.25, -0.2) is 4.98 Å². The van der Waals surface area contributed by atoms with Gasteiger partial charge in [0.15, 0.2) is 0 Å². The van der Waals surface area contributed by atoms with Crippen LogP contribution < -0.4 is 10.4 Å². The van der Waals surface area contributed by atoms with Gasteiger partial charge in [0.05, 0.1) is 18.1 Å². The minimum absolute atomic E-state index is 0.304. The van der Waals surface area contributed by atoms with E-state index in [1.165, 1.54) is 11.8 Å². The summed E-state index contributed by atoms with van der Waals surface area (Å²) in [6.07, 6.45) is 1.56. The zero-order valence-electron chi connectivity index (χ0n) is 10.7. The fourth-order valence-electron chi connectivity index (χ4n) is 1.51. The molecule has 2 aromatic rings. The number of carbonyl (C=O) groups excluding carboxylic acids is 2. The highest BCUT2D eigenvalue weighted by atomic mass is 35.5. The van der Waals surface area contributed by atoms with Crippen LogP contribution >= 0.6 is 23.4 Å². The monoisotopic (exact) mass is 321 g/mol. The lowest BCUT2D eigenvalue weighted by Gasteiger charge is -2.09. The van der Waals surface area contributed by atoms with Crippen LogP contribution in [-0.4, -0.2) is 23.4 Å². The van der Waals surface area contributed by atoms with Gasteiger partial charge >= 0.3 is 0 Å². The van der Waals surface area contributed by atoms with E-state index in [-0.39, 0.29) is 0 Å². The summed E-state index contributed by atoms with van der Waals surface area (Å²) in [6.45, 7) is -0.543. The fourth-order valence-corrected chi connectivity index (χ4v) is 2.51. The van der Waals surface area contributed by atoms with Gasteiger partial charge < -0.3 is 15.2 Å². The number of nitrogens with zero attached hydrogens (tertiary/aromatic N) is 1. The summed E-state index contributed by atoms with van der Waals surface area (Å²) in [7, 11) is 0. The summed E-state index contributed by atoms with van der Waals surface area (Å²) in [6, 6.07) is 10.3. The lowest BCUT2D eigenvalue weighted by molar-refractivity contribution is -0.303. The summed E-state index contributed by atoms with van der Waals surface area (Å²) in [5.74, 6) is -1.86. The second-order valence-corrected chi connectivity index (χ2v) is 5.47. The Balaban J connectivity index is 2.18. The van der Waals surface area contributed by atoms with Crippen molar-refractivity contribution in [2.24, 2.45) is 0 Å². The molecule has 0 aliphatic heterocycles. The molecule has 2 rings (SSSR count). The molecule has 1 aromatic carbocycles. The van der Waals surface area contributed by atoms with Crippen LogP contribution in [0.15, 0.2) is 52.5 Å². The predicted octanol–water partition coefficient (Wildman–Crippen LogP) is 1.37. The summed E-state index contributed by atoms with van der Waals surface area (Å²) < 4.78 is 0. The Morgan fingerprint density at radius 2 is 1.95 bits per heavy atom. The number of nitrogens with one attached hydrogen (secondary N) is 1. The largest absolute Gasteiger partial charge is 0.548 e. The second kappa shape index (κ2) is 7.10. The molecule has 0 saturated heterocycles. The lowest BCUT2D eigenvalue weighted by Crippen LogP contribution is -2.37. The molecule has 0 bridgehead atoms. The third kappa shape index (κ3) is 4.47. The minimum atomic E-state index is -1.35. The number of halogens is 1. The molecular weight excluding hydrogens is 312 g/mol. The standard InChI is InChI=1S/C14H11ClN2O3S/c15-9-3-5-10(6-4-9)21-14-11(2-1-7-16-14)13(20)17-8-12(18)19/h1-7H,8H2,(H,17,20)(H,18,19)/p-1. The van der Waals surface area contributed by atoms with Crippen LogP contribution in [0.4, 0.5) is 0 Å². The van der Waals surface area contributed by atoms with Crippen molar-refractivity contribution in [1.29, 1.82) is 0 Å². The Morgan fingerprint density at radius 3 is 2.62 bits per heavy atom. The molecule has 0 fully saturated rings. The van der Waals surface area contributed by atoms with E-state index in [0.29, 0.717) is 15.6 Å². The number of rotatable bonds is 5. The molecule has 0 radical (unpaired) electrons. The van der Waals surface area contributed by atoms with Crippen LogP contribution in [0.3, 0.4) is 0 Å².